The molecule has 1 aromatic carbocycles. The van der Waals surface area contributed by atoms with E-state index < -0.39 is 21.9 Å². The minimum atomic E-state index is -3.77. The van der Waals surface area contributed by atoms with E-state index in [0.29, 0.717) is 51.3 Å². The Morgan fingerprint density at radius 2 is 1.86 bits per heavy atom. The Labute approximate surface area is 163 Å². The van der Waals surface area contributed by atoms with Gasteiger partial charge in [0.1, 0.15) is 11.6 Å². The number of halogens is 1. The molecule has 2 aliphatic heterocycles. The van der Waals surface area contributed by atoms with Crippen LogP contribution < -0.4 is 0 Å². The highest BCUT2D eigenvalue weighted by Gasteiger charge is 2.39. The minimum Gasteiger partial charge on any atom is -0.341 e. The van der Waals surface area contributed by atoms with Gasteiger partial charge in [-0.2, -0.15) is 4.31 Å². The van der Waals surface area contributed by atoms with Gasteiger partial charge in [0, 0.05) is 39.5 Å². The molecule has 0 spiro atoms. The maximum absolute atomic E-state index is 13.2. The summed E-state index contributed by atoms with van der Waals surface area (Å²) in [6.45, 7) is 3.59. The van der Waals surface area contributed by atoms with Crippen molar-refractivity contribution in [3.8, 4) is 0 Å². The number of nitrogens with zero attached hydrogens (tertiary/aromatic N) is 5. The van der Waals surface area contributed by atoms with Gasteiger partial charge >= 0.3 is 0 Å². The molecular formula is C18H22FN5O3S. The van der Waals surface area contributed by atoms with Crippen molar-refractivity contribution in [1.82, 2.24) is 24.0 Å². The lowest BCUT2D eigenvalue weighted by Gasteiger charge is -2.24. The van der Waals surface area contributed by atoms with Crippen molar-refractivity contribution in [3.05, 3.63) is 41.7 Å². The van der Waals surface area contributed by atoms with E-state index in [1.165, 1.54) is 16.4 Å². The number of amides is 1. The molecular weight excluding hydrogens is 385 g/mol. The Kier molecular flexibility index (Phi) is 4.92. The van der Waals surface area contributed by atoms with Crippen LogP contribution in [-0.4, -0.2) is 57.9 Å². The first-order valence-electron chi connectivity index (χ1n) is 9.33. The molecule has 1 aromatic heterocycles. The second-order valence-electron chi connectivity index (χ2n) is 7.11. The molecule has 2 aliphatic rings. The molecule has 0 saturated carbocycles. The molecule has 1 atom stereocenters. The van der Waals surface area contributed by atoms with Gasteiger partial charge in [0.25, 0.3) is 0 Å². The zero-order valence-electron chi connectivity index (χ0n) is 15.6. The number of fused-ring (bicyclic) bond motifs is 1. The monoisotopic (exact) mass is 407 g/mol. The van der Waals surface area contributed by atoms with E-state index in [9.17, 15) is 17.6 Å². The van der Waals surface area contributed by atoms with Crippen LogP contribution in [0.4, 0.5) is 4.39 Å². The van der Waals surface area contributed by atoms with E-state index in [0.717, 1.165) is 18.0 Å². The van der Waals surface area contributed by atoms with E-state index in [1.807, 2.05) is 4.57 Å². The van der Waals surface area contributed by atoms with E-state index >= 15 is 0 Å². The normalized spacial score (nSPS) is 20.8. The van der Waals surface area contributed by atoms with Crippen LogP contribution in [0.5, 0.6) is 0 Å². The zero-order chi connectivity index (χ0) is 19.9. The van der Waals surface area contributed by atoms with Crippen molar-refractivity contribution >= 4 is 15.9 Å². The van der Waals surface area contributed by atoms with Crippen molar-refractivity contribution < 1.29 is 17.6 Å². The van der Waals surface area contributed by atoms with Crippen molar-refractivity contribution in [1.29, 1.82) is 0 Å². The van der Waals surface area contributed by atoms with Crippen molar-refractivity contribution in [2.24, 2.45) is 0 Å². The quantitative estimate of drug-likeness (QED) is 0.766. The summed E-state index contributed by atoms with van der Waals surface area (Å²) >= 11 is 0. The number of hydrogen-bond acceptors (Lipinski definition) is 5. The highest BCUT2D eigenvalue weighted by molar-refractivity contribution is 7.89. The van der Waals surface area contributed by atoms with Gasteiger partial charge in [-0.05, 0) is 37.1 Å². The summed E-state index contributed by atoms with van der Waals surface area (Å²) < 4.78 is 42.8. The van der Waals surface area contributed by atoms with E-state index in [4.69, 9.17) is 0 Å². The van der Waals surface area contributed by atoms with Crippen LogP contribution in [-0.2, 0) is 27.8 Å². The molecule has 3 heterocycles. The predicted molar refractivity (Wildman–Crippen MR) is 98.2 cm³/mol. The van der Waals surface area contributed by atoms with Gasteiger partial charge in [-0.25, -0.2) is 12.8 Å². The van der Waals surface area contributed by atoms with Gasteiger partial charge in [0.2, 0.25) is 15.9 Å². The predicted octanol–water partition coefficient (Wildman–Crippen LogP) is 1.35. The summed E-state index contributed by atoms with van der Waals surface area (Å²) in [4.78, 5) is 13.5. The Balaban J connectivity index is 1.64. The summed E-state index contributed by atoms with van der Waals surface area (Å²) in [5.74, 6) is 0.921. The highest BCUT2D eigenvalue weighted by atomic mass is 32.2. The Hall–Kier alpha value is -2.33. The van der Waals surface area contributed by atoms with Crippen molar-refractivity contribution in [2.75, 3.05) is 19.6 Å². The molecule has 0 radical (unpaired) electrons. The topological polar surface area (TPSA) is 88.4 Å². The van der Waals surface area contributed by atoms with Crippen molar-refractivity contribution in [2.45, 2.75) is 43.7 Å². The van der Waals surface area contributed by atoms with E-state index in [-0.39, 0.29) is 10.8 Å². The second-order valence-corrected chi connectivity index (χ2v) is 9.00. The van der Waals surface area contributed by atoms with Crippen LogP contribution in [0.1, 0.15) is 37.5 Å². The fraction of sp³-hybridized carbons (Fsp3) is 0.500. The van der Waals surface area contributed by atoms with E-state index in [1.54, 1.807) is 11.8 Å². The fourth-order valence-corrected chi connectivity index (χ4v) is 5.59. The molecule has 1 unspecified atom stereocenters. The average Bonchev–Trinajstić information content (AvgIpc) is 3.24. The van der Waals surface area contributed by atoms with Crippen LogP contribution in [0.25, 0.3) is 0 Å². The van der Waals surface area contributed by atoms with Crippen molar-refractivity contribution in [3.63, 3.8) is 0 Å². The van der Waals surface area contributed by atoms with Crippen LogP contribution in [0.3, 0.4) is 0 Å². The third-order valence-corrected chi connectivity index (χ3v) is 7.34. The third kappa shape index (κ3) is 3.30. The minimum absolute atomic E-state index is 0.0154. The maximum atomic E-state index is 13.2. The fourth-order valence-electron chi connectivity index (χ4n) is 3.93. The number of rotatable bonds is 3. The first kappa shape index (κ1) is 19.0. The summed E-state index contributed by atoms with van der Waals surface area (Å²) in [5.41, 5.74) is 0. The SMILES string of the molecule is CC(=O)N1CCc2nnc(C3CCCN3S(=O)(=O)c3ccc(F)cc3)n2CC1. The summed E-state index contributed by atoms with van der Waals surface area (Å²) in [6, 6.07) is 4.46. The lowest BCUT2D eigenvalue weighted by Crippen LogP contribution is -2.33. The Morgan fingerprint density at radius 3 is 2.57 bits per heavy atom. The van der Waals surface area contributed by atoms with Gasteiger partial charge in [-0.1, -0.05) is 0 Å². The van der Waals surface area contributed by atoms with Crippen LogP contribution in [0, 0.1) is 5.82 Å². The lowest BCUT2D eigenvalue weighted by molar-refractivity contribution is -0.128. The molecule has 150 valence electrons. The molecule has 0 bridgehead atoms. The molecule has 1 fully saturated rings. The van der Waals surface area contributed by atoms with Gasteiger partial charge < -0.3 is 9.47 Å². The first-order valence-corrected chi connectivity index (χ1v) is 10.8. The van der Waals surface area contributed by atoms with Crippen LogP contribution in [0.15, 0.2) is 29.2 Å². The molecule has 1 amide bonds. The van der Waals surface area contributed by atoms with Gasteiger partial charge in [0.15, 0.2) is 5.82 Å². The molecule has 1 saturated heterocycles. The van der Waals surface area contributed by atoms with E-state index in [2.05, 4.69) is 10.2 Å². The second kappa shape index (κ2) is 7.25. The molecule has 8 nitrogen and oxygen atoms in total. The molecule has 2 aromatic rings. The number of carbonyl (C=O) groups excluding carboxylic acids is 1. The molecule has 0 N–H and O–H groups in total. The number of carbonyl (C=O) groups is 1. The lowest BCUT2D eigenvalue weighted by atomic mass is 10.2. The maximum Gasteiger partial charge on any atom is 0.243 e. The Bertz CT molecular complexity index is 989. The van der Waals surface area contributed by atoms with Crippen LogP contribution in [0.2, 0.25) is 0 Å². The highest BCUT2D eigenvalue weighted by Crippen LogP contribution is 2.36. The summed E-state index contributed by atoms with van der Waals surface area (Å²) in [5, 5.41) is 8.57. The average molecular weight is 407 g/mol. The summed E-state index contributed by atoms with van der Waals surface area (Å²) in [7, 11) is -3.77. The zero-order valence-corrected chi connectivity index (χ0v) is 16.4. The number of aromatic nitrogens is 3. The third-order valence-electron chi connectivity index (χ3n) is 5.42. The molecule has 4 rings (SSSR count). The molecule has 0 aliphatic carbocycles. The van der Waals surface area contributed by atoms with Gasteiger partial charge in [0.05, 0.1) is 10.9 Å². The number of sulfonamides is 1. The standard InChI is InChI=1S/C18H22FN5O3S/c1-13(25)22-10-8-17-20-21-18(23(17)12-11-22)16-3-2-9-24(16)28(26,27)15-6-4-14(19)5-7-15/h4-7,16H,2-3,8-12H2,1H3. The number of benzene rings is 1. The summed E-state index contributed by atoms with van der Waals surface area (Å²) in [6.07, 6.45) is 1.95. The molecule has 10 heteroatoms. The smallest absolute Gasteiger partial charge is 0.243 e. The first-order chi connectivity index (χ1) is 13.4. The van der Waals surface area contributed by atoms with Gasteiger partial charge in [-0.3, -0.25) is 4.79 Å². The Morgan fingerprint density at radius 1 is 1.11 bits per heavy atom. The molecule has 28 heavy (non-hydrogen) atoms. The number of hydrogen-bond donors (Lipinski definition) is 0. The largest absolute Gasteiger partial charge is 0.341 e. The van der Waals surface area contributed by atoms with Crippen LogP contribution >= 0.6 is 0 Å². The van der Waals surface area contributed by atoms with Gasteiger partial charge in [-0.15, -0.1) is 10.2 Å².